The number of aryl methyl sites for hydroxylation is 2. The molecule has 4 heteroatoms. The first kappa shape index (κ1) is 13.2. The maximum absolute atomic E-state index is 4.79. The highest BCUT2D eigenvalue weighted by Gasteiger charge is 2.18. The van der Waals surface area contributed by atoms with Gasteiger partial charge in [0, 0.05) is 17.9 Å². The van der Waals surface area contributed by atoms with Gasteiger partial charge in [0.1, 0.15) is 5.69 Å². The summed E-state index contributed by atoms with van der Waals surface area (Å²) in [6, 6.07) is 6.00. The SMILES string of the molecule is CCCc1nc(-c2cccc(C)n2)nc2c1CCNC2. The molecule has 1 aliphatic rings. The van der Waals surface area contributed by atoms with E-state index in [9.17, 15) is 0 Å². The maximum Gasteiger partial charge on any atom is 0.178 e. The van der Waals surface area contributed by atoms with Crippen molar-refractivity contribution in [2.24, 2.45) is 0 Å². The molecule has 0 unspecified atom stereocenters. The molecular weight excluding hydrogens is 248 g/mol. The monoisotopic (exact) mass is 268 g/mol. The predicted octanol–water partition coefficient (Wildman–Crippen LogP) is 2.45. The van der Waals surface area contributed by atoms with E-state index < -0.39 is 0 Å². The van der Waals surface area contributed by atoms with Crippen molar-refractivity contribution in [3.8, 4) is 11.5 Å². The largest absolute Gasteiger partial charge is 0.311 e. The van der Waals surface area contributed by atoms with Gasteiger partial charge in [-0.25, -0.2) is 15.0 Å². The third-order valence-electron chi connectivity index (χ3n) is 3.63. The van der Waals surface area contributed by atoms with Gasteiger partial charge in [-0.05, 0) is 44.0 Å². The van der Waals surface area contributed by atoms with E-state index in [1.165, 1.54) is 11.3 Å². The molecule has 0 saturated heterocycles. The second kappa shape index (κ2) is 5.67. The summed E-state index contributed by atoms with van der Waals surface area (Å²) >= 11 is 0. The molecule has 0 aliphatic carbocycles. The molecule has 0 amide bonds. The third kappa shape index (κ3) is 2.56. The van der Waals surface area contributed by atoms with E-state index in [0.717, 1.165) is 55.3 Å². The van der Waals surface area contributed by atoms with Gasteiger partial charge in [0.25, 0.3) is 0 Å². The number of pyridine rings is 1. The lowest BCUT2D eigenvalue weighted by Gasteiger charge is -2.19. The highest BCUT2D eigenvalue weighted by molar-refractivity contribution is 5.51. The van der Waals surface area contributed by atoms with Gasteiger partial charge in [-0.15, -0.1) is 0 Å². The van der Waals surface area contributed by atoms with E-state index in [0.29, 0.717) is 0 Å². The van der Waals surface area contributed by atoms with Gasteiger partial charge in [-0.2, -0.15) is 0 Å². The highest BCUT2D eigenvalue weighted by atomic mass is 15.0. The molecule has 0 radical (unpaired) electrons. The van der Waals surface area contributed by atoms with Crippen molar-refractivity contribution in [2.75, 3.05) is 6.54 Å². The third-order valence-corrected chi connectivity index (χ3v) is 3.63. The fourth-order valence-corrected chi connectivity index (χ4v) is 2.66. The first-order chi connectivity index (χ1) is 9.78. The Morgan fingerprint density at radius 2 is 2.10 bits per heavy atom. The molecule has 3 heterocycles. The number of hydrogen-bond acceptors (Lipinski definition) is 4. The van der Waals surface area contributed by atoms with Crippen LogP contribution in [0.2, 0.25) is 0 Å². The minimum Gasteiger partial charge on any atom is -0.311 e. The first-order valence-electron chi connectivity index (χ1n) is 7.31. The number of nitrogens with zero attached hydrogens (tertiary/aromatic N) is 3. The molecule has 0 atom stereocenters. The molecule has 20 heavy (non-hydrogen) atoms. The standard InChI is InChI=1S/C16H20N4/c1-3-5-13-12-8-9-17-10-15(12)20-16(19-13)14-7-4-6-11(2)18-14/h4,6-7,17H,3,5,8-10H2,1-2H3. The Balaban J connectivity index is 2.10. The lowest BCUT2D eigenvalue weighted by Crippen LogP contribution is -2.26. The fourth-order valence-electron chi connectivity index (χ4n) is 2.66. The summed E-state index contributed by atoms with van der Waals surface area (Å²) in [7, 11) is 0. The lowest BCUT2D eigenvalue weighted by atomic mass is 10.0. The van der Waals surface area contributed by atoms with Crippen molar-refractivity contribution in [3.63, 3.8) is 0 Å². The van der Waals surface area contributed by atoms with E-state index in [-0.39, 0.29) is 0 Å². The van der Waals surface area contributed by atoms with Crippen LogP contribution in [-0.4, -0.2) is 21.5 Å². The zero-order chi connectivity index (χ0) is 13.9. The minimum absolute atomic E-state index is 0.764. The Labute approximate surface area is 119 Å². The smallest absolute Gasteiger partial charge is 0.178 e. The Bertz CT molecular complexity index is 622. The van der Waals surface area contributed by atoms with Crippen molar-refractivity contribution < 1.29 is 0 Å². The van der Waals surface area contributed by atoms with Gasteiger partial charge in [-0.1, -0.05) is 19.4 Å². The van der Waals surface area contributed by atoms with Gasteiger partial charge >= 0.3 is 0 Å². The summed E-state index contributed by atoms with van der Waals surface area (Å²) < 4.78 is 0. The van der Waals surface area contributed by atoms with Crippen LogP contribution < -0.4 is 5.32 Å². The van der Waals surface area contributed by atoms with Crippen molar-refractivity contribution in [2.45, 2.75) is 39.7 Å². The molecule has 0 bridgehead atoms. The number of nitrogens with one attached hydrogen (secondary N) is 1. The average Bonchev–Trinajstić information content (AvgIpc) is 2.47. The summed E-state index contributed by atoms with van der Waals surface area (Å²) in [6.45, 7) is 6.05. The fraction of sp³-hybridized carbons (Fsp3) is 0.438. The van der Waals surface area contributed by atoms with E-state index in [2.05, 4.69) is 17.2 Å². The molecule has 0 spiro atoms. The quantitative estimate of drug-likeness (QED) is 0.929. The topological polar surface area (TPSA) is 50.7 Å². The number of fused-ring (bicyclic) bond motifs is 1. The Morgan fingerprint density at radius 3 is 2.90 bits per heavy atom. The normalized spacial score (nSPS) is 14.1. The van der Waals surface area contributed by atoms with Crippen LogP contribution in [0.15, 0.2) is 18.2 Å². The van der Waals surface area contributed by atoms with E-state index >= 15 is 0 Å². The van der Waals surface area contributed by atoms with Crippen LogP contribution in [-0.2, 0) is 19.4 Å². The lowest BCUT2D eigenvalue weighted by molar-refractivity contribution is 0.614. The summed E-state index contributed by atoms with van der Waals surface area (Å²) in [4.78, 5) is 14.1. The van der Waals surface area contributed by atoms with Crippen molar-refractivity contribution >= 4 is 0 Å². The van der Waals surface area contributed by atoms with Gasteiger partial charge in [0.05, 0.1) is 5.69 Å². The predicted molar refractivity (Wildman–Crippen MR) is 79.4 cm³/mol. The Morgan fingerprint density at radius 1 is 1.20 bits per heavy atom. The number of rotatable bonds is 3. The zero-order valence-corrected chi connectivity index (χ0v) is 12.1. The summed E-state index contributed by atoms with van der Waals surface area (Å²) in [5, 5.41) is 3.39. The molecule has 104 valence electrons. The van der Waals surface area contributed by atoms with Crippen LogP contribution in [0.1, 0.15) is 36.0 Å². The summed E-state index contributed by atoms with van der Waals surface area (Å²) in [5.74, 6) is 0.764. The van der Waals surface area contributed by atoms with Crippen LogP contribution in [0.25, 0.3) is 11.5 Å². The summed E-state index contributed by atoms with van der Waals surface area (Å²) in [6.07, 6.45) is 3.16. The van der Waals surface area contributed by atoms with Gasteiger partial charge in [0.2, 0.25) is 0 Å². The minimum atomic E-state index is 0.764. The van der Waals surface area contributed by atoms with Crippen LogP contribution >= 0.6 is 0 Å². The molecule has 0 fully saturated rings. The molecule has 1 N–H and O–H groups in total. The molecule has 1 aliphatic heterocycles. The molecule has 0 saturated carbocycles. The molecule has 0 aromatic carbocycles. The van der Waals surface area contributed by atoms with Crippen LogP contribution in [0, 0.1) is 6.92 Å². The Kier molecular flexibility index (Phi) is 3.74. The second-order valence-electron chi connectivity index (χ2n) is 5.26. The number of aromatic nitrogens is 3. The van der Waals surface area contributed by atoms with Gasteiger partial charge in [-0.3, -0.25) is 0 Å². The van der Waals surface area contributed by atoms with E-state index in [1.54, 1.807) is 0 Å². The summed E-state index contributed by atoms with van der Waals surface area (Å²) in [5.41, 5.74) is 5.57. The maximum atomic E-state index is 4.79. The number of hydrogen-bond donors (Lipinski definition) is 1. The molecule has 2 aromatic rings. The van der Waals surface area contributed by atoms with Crippen molar-refractivity contribution in [1.82, 2.24) is 20.3 Å². The van der Waals surface area contributed by atoms with Crippen LogP contribution in [0.3, 0.4) is 0 Å². The van der Waals surface area contributed by atoms with Gasteiger partial charge < -0.3 is 5.32 Å². The van der Waals surface area contributed by atoms with E-state index in [1.807, 2.05) is 25.1 Å². The molecule has 2 aromatic heterocycles. The van der Waals surface area contributed by atoms with E-state index in [4.69, 9.17) is 9.97 Å². The highest BCUT2D eigenvalue weighted by Crippen LogP contribution is 2.21. The Hall–Kier alpha value is -1.81. The average molecular weight is 268 g/mol. The molecular formula is C16H20N4. The van der Waals surface area contributed by atoms with Crippen molar-refractivity contribution in [3.05, 3.63) is 40.8 Å². The molecule has 3 rings (SSSR count). The second-order valence-corrected chi connectivity index (χ2v) is 5.26. The van der Waals surface area contributed by atoms with Crippen molar-refractivity contribution in [1.29, 1.82) is 0 Å². The zero-order valence-electron chi connectivity index (χ0n) is 12.1. The van der Waals surface area contributed by atoms with Crippen LogP contribution in [0.4, 0.5) is 0 Å². The molecule has 4 nitrogen and oxygen atoms in total. The van der Waals surface area contributed by atoms with Crippen LogP contribution in [0.5, 0.6) is 0 Å². The first-order valence-corrected chi connectivity index (χ1v) is 7.31. The van der Waals surface area contributed by atoms with Gasteiger partial charge in [0.15, 0.2) is 5.82 Å².